The first-order chi connectivity index (χ1) is 8.70. The zero-order valence-electron chi connectivity index (χ0n) is 10.0. The molecular weight excluding hydrogens is 225 g/mol. The highest BCUT2D eigenvalue weighted by Gasteiger charge is 2.06. The van der Waals surface area contributed by atoms with Gasteiger partial charge in [0.1, 0.15) is 11.5 Å². The fraction of sp³-hybridized carbons (Fsp3) is 0.0625. The monoisotopic (exact) mass is 237 g/mol. The minimum Gasteiger partial charge on any atom is -0.239 e. The molecule has 0 radical (unpaired) electrons. The molecule has 1 nitrogen and oxygen atoms in total. The Kier molecular flexibility index (Phi) is 3.54. The van der Waals surface area contributed by atoms with Gasteiger partial charge in [-0.3, -0.25) is 0 Å². The zero-order valence-corrected chi connectivity index (χ0v) is 10.0. The molecule has 0 unspecified atom stereocenters. The van der Waals surface area contributed by atoms with Gasteiger partial charge in [0.25, 0.3) is 0 Å². The third kappa shape index (κ3) is 2.64. The summed E-state index contributed by atoms with van der Waals surface area (Å²) in [6, 6.07) is 13.9. The second-order valence-electron chi connectivity index (χ2n) is 3.92. The largest absolute Gasteiger partial charge is 0.239 e. The predicted octanol–water partition coefficient (Wildman–Crippen LogP) is 3.89. The van der Waals surface area contributed by atoms with Crippen LogP contribution in [0.25, 0.3) is 0 Å². The van der Waals surface area contributed by atoms with Crippen molar-refractivity contribution in [1.29, 1.82) is 0 Å². The van der Waals surface area contributed by atoms with Crippen LogP contribution in [0, 0.1) is 25.1 Å². The number of terminal acetylenes is 1. The molecule has 0 atom stereocenters. The average molecular weight is 237 g/mol. The molecule has 2 aromatic carbocycles. The van der Waals surface area contributed by atoms with Crippen molar-refractivity contribution in [3.8, 4) is 12.3 Å². The Bertz CT molecular complexity index is 618. The first-order valence-electron chi connectivity index (χ1n) is 5.57. The lowest BCUT2D eigenvalue weighted by atomic mass is 10.1. The summed E-state index contributed by atoms with van der Waals surface area (Å²) in [6.45, 7) is 1.99. The molecule has 2 aromatic rings. The van der Waals surface area contributed by atoms with Crippen molar-refractivity contribution in [1.82, 2.24) is 0 Å². The maximum Gasteiger partial charge on any atom is 0.133 e. The minimum atomic E-state index is -0.360. The van der Waals surface area contributed by atoms with Gasteiger partial charge in [-0.05, 0) is 37.1 Å². The Morgan fingerprint density at radius 3 is 2.39 bits per heavy atom. The highest BCUT2D eigenvalue weighted by atomic mass is 19.1. The Morgan fingerprint density at radius 1 is 1.11 bits per heavy atom. The highest BCUT2D eigenvalue weighted by molar-refractivity contribution is 6.13. The smallest absolute Gasteiger partial charge is 0.133 e. The second-order valence-corrected chi connectivity index (χ2v) is 3.92. The Labute approximate surface area is 106 Å². The van der Waals surface area contributed by atoms with Crippen LogP contribution >= 0.6 is 0 Å². The molecule has 0 aliphatic carbocycles. The van der Waals surface area contributed by atoms with Crippen LogP contribution in [0.3, 0.4) is 0 Å². The van der Waals surface area contributed by atoms with Gasteiger partial charge < -0.3 is 0 Å². The minimum absolute atomic E-state index is 0.303. The van der Waals surface area contributed by atoms with Crippen LogP contribution in [0.1, 0.15) is 11.1 Å². The lowest BCUT2D eigenvalue weighted by Crippen LogP contribution is -2.00. The fourth-order valence-corrected chi connectivity index (χ4v) is 1.57. The normalized spacial score (nSPS) is 11.1. The molecular formula is C16H12FN. The van der Waals surface area contributed by atoms with Gasteiger partial charge in [-0.1, -0.05) is 29.8 Å². The van der Waals surface area contributed by atoms with Crippen LogP contribution in [-0.2, 0) is 0 Å². The van der Waals surface area contributed by atoms with Crippen LogP contribution in [0.4, 0.5) is 10.1 Å². The summed E-state index contributed by atoms with van der Waals surface area (Å²) in [5.74, 6) is 2.07. The summed E-state index contributed by atoms with van der Waals surface area (Å²) in [5.41, 5.74) is 2.51. The van der Waals surface area contributed by atoms with Crippen LogP contribution in [-0.4, -0.2) is 5.71 Å². The molecule has 0 N–H and O–H groups in total. The molecule has 2 rings (SSSR count). The van der Waals surface area contributed by atoms with Gasteiger partial charge in [0, 0.05) is 5.56 Å². The van der Waals surface area contributed by atoms with E-state index in [9.17, 15) is 4.39 Å². The second kappa shape index (κ2) is 5.29. The van der Waals surface area contributed by atoms with Crippen molar-refractivity contribution in [3.05, 3.63) is 65.5 Å². The summed E-state index contributed by atoms with van der Waals surface area (Å²) >= 11 is 0. The molecule has 0 aliphatic rings. The predicted molar refractivity (Wildman–Crippen MR) is 72.6 cm³/mol. The third-order valence-corrected chi connectivity index (χ3v) is 2.54. The van der Waals surface area contributed by atoms with Crippen LogP contribution in [0.2, 0.25) is 0 Å². The van der Waals surface area contributed by atoms with Crippen molar-refractivity contribution < 1.29 is 4.39 Å². The standard InChI is InChI=1S/C16H12FN/c1-3-16(14-6-4-5-7-15(14)17)18-13-10-8-12(2)9-11-13/h1,4-11H,2H3. The van der Waals surface area contributed by atoms with Crippen molar-refractivity contribution in [3.63, 3.8) is 0 Å². The van der Waals surface area contributed by atoms with Gasteiger partial charge in [-0.15, -0.1) is 6.42 Å². The lowest BCUT2D eigenvalue weighted by Gasteiger charge is -2.02. The highest BCUT2D eigenvalue weighted by Crippen LogP contribution is 2.16. The summed E-state index contributed by atoms with van der Waals surface area (Å²) in [5, 5.41) is 0. The summed E-state index contributed by atoms with van der Waals surface area (Å²) < 4.78 is 13.6. The van der Waals surface area contributed by atoms with Crippen LogP contribution < -0.4 is 0 Å². The zero-order chi connectivity index (χ0) is 13.0. The maximum atomic E-state index is 13.6. The van der Waals surface area contributed by atoms with Crippen molar-refractivity contribution in [2.75, 3.05) is 0 Å². The van der Waals surface area contributed by atoms with E-state index in [0.29, 0.717) is 11.3 Å². The van der Waals surface area contributed by atoms with Gasteiger partial charge >= 0.3 is 0 Å². The molecule has 0 spiro atoms. The molecule has 0 aromatic heterocycles. The molecule has 0 saturated carbocycles. The molecule has 0 saturated heterocycles. The van der Waals surface area contributed by atoms with Gasteiger partial charge in [-0.2, -0.15) is 0 Å². The number of nitrogens with zero attached hydrogens (tertiary/aromatic N) is 1. The van der Waals surface area contributed by atoms with Crippen LogP contribution in [0.15, 0.2) is 53.5 Å². The summed E-state index contributed by atoms with van der Waals surface area (Å²) in [6.07, 6.45) is 5.40. The SMILES string of the molecule is C#CC(=Nc1ccc(C)cc1)c1ccccc1F. The Balaban J connectivity index is 2.44. The molecule has 0 bridgehead atoms. The van der Waals surface area contributed by atoms with E-state index >= 15 is 0 Å². The van der Waals surface area contributed by atoms with E-state index in [1.165, 1.54) is 6.07 Å². The van der Waals surface area contributed by atoms with E-state index in [1.807, 2.05) is 31.2 Å². The Morgan fingerprint density at radius 2 is 1.78 bits per heavy atom. The van der Waals surface area contributed by atoms with E-state index < -0.39 is 0 Å². The van der Waals surface area contributed by atoms with Crippen molar-refractivity contribution in [2.45, 2.75) is 6.92 Å². The van der Waals surface area contributed by atoms with Gasteiger partial charge in [-0.25, -0.2) is 9.38 Å². The van der Waals surface area contributed by atoms with Gasteiger partial charge in [0.15, 0.2) is 0 Å². The average Bonchev–Trinajstić information content (AvgIpc) is 2.39. The number of hydrogen-bond donors (Lipinski definition) is 0. The molecule has 2 heteroatoms. The first-order valence-corrected chi connectivity index (χ1v) is 5.57. The summed E-state index contributed by atoms with van der Waals surface area (Å²) in [7, 11) is 0. The number of hydrogen-bond acceptors (Lipinski definition) is 1. The van der Waals surface area contributed by atoms with E-state index in [1.54, 1.807) is 18.2 Å². The van der Waals surface area contributed by atoms with E-state index in [0.717, 1.165) is 11.3 Å². The van der Waals surface area contributed by atoms with Gasteiger partial charge in [0.2, 0.25) is 0 Å². The third-order valence-electron chi connectivity index (χ3n) is 2.54. The molecule has 18 heavy (non-hydrogen) atoms. The van der Waals surface area contributed by atoms with E-state index in [4.69, 9.17) is 6.42 Å². The molecule has 0 heterocycles. The van der Waals surface area contributed by atoms with Gasteiger partial charge in [0.05, 0.1) is 5.69 Å². The van der Waals surface area contributed by atoms with E-state index in [-0.39, 0.29) is 5.82 Å². The molecule has 0 amide bonds. The number of rotatable bonds is 2. The Hall–Kier alpha value is -2.40. The number of benzene rings is 2. The number of aliphatic imine (C=N–C) groups is 1. The quantitative estimate of drug-likeness (QED) is 0.555. The van der Waals surface area contributed by atoms with E-state index in [2.05, 4.69) is 10.9 Å². The lowest BCUT2D eigenvalue weighted by molar-refractivity contribution is 0.625. The van der Waals surface area contributed by atoms with Crippen LogP contribution in [0.5, 0.6) is 0 Å². The number of halogens is 1. The summed E-state index contributed by atoms with van der Waals surface area (Å²) in [4.78, 5) is 4.29. The molecule has 0 aliphatic heterocycles. The first kappa shape index (κ1) is 12.1. The number of aryl methyl sites for hydroxylation is 1. The van der Waals surface area contributed by atoms with Crippen molar-refractivity contribution >= 4 is 11.4 Å². The fourth-order valence-electron chi connectivity index (χ4n) is 1.57. The maximum absolute atomic E-state index is 13.6. The molecule has 0 fully saturated rings. The topological polar surface area (TPSA) is 12.4 Å². The molecule has 88 valence electrons. The van der Waals surface area contributed by atoms with Crippen molar-refractivity contribution in [2.24, 2.45) is 4.99 Å².